The first-order chi connectivity index (χ1) is 12.6. The molecule has 2 amide bonds. The summed E-state index contributed by atoms with van der Waals surface area (Å²) in [7, 11) is 0. The summed E-state index contributed by atoms with van der Waals surface area (Å²) >= 11 is 1.49. The van der Waals surface area contributed by atoms with Crippen molar-refractivity contribution in [2.24, 2.45) is 0 Å². The minimum absolute atomic E-state index is 0.0412. The number of benzene rings is 2. The summed E-state index contributed by atoms with van der Waals surface area (Å²) in [4.78, 5) is 25.1. The Balaban J connectivity index is 1.83. The van der Waals surface area contributed by atoms with E-state index < -0.39 is 5.91 Å². The molecule has 26 heavy (non-hydrogen) atoms. The number of aromatic hydroxyl groups is 1. The molecule has 0 spiro atoms. The van der Waals surface area contributed by atoms with E-state index in [9.17, 15) is 14.7 Å². The van der Waals surface area contributed by atoms with Crippen LogP contribution in [0, 0.1) is 0 Å². The van der Waals surface area contributed by atoms with Crippen molar-refractivity contribution in [1.82, 2.24) is 5.32 Å². The fourth-order valence-corrected chi connectivity index (χ4v) is 2.87. The van der Waals surface area contributed by atoms with Crippen LogP contribution in [0.25, 0.3) is 6.08 Å². The van der Waals surface area contributed by atoms with Crippen LogP contribution in [0.2, 0.25) is 0 Å². The molecule has 1 aromatic heterocycles. The van der Waals surface area contributed by atoms with E-state index in [0.29, 0.717) is 11.3 Å². The summed E-state index contributed by atoms with van der Waals surface area (Å²) in [6.07, 6.45) is 1.61. The van der Waals surface area contributed by atoms with Crippen molar-refractivity contribution in [1.29, 1.82) is 0 Å². The second-order valence-electron chi connectivity index (χ2n) is 5.44. The molecule has 0 aliphatic rings. The number of anilines is 1. The first-order valence-corrected chi connectivity index (χ1v) is 8.77. The van der Waals surface area contributed by atoms with Crippen molar-refractivity contribution in [3.63, 3.8) is 0 Å². The summed E-state index contributed by atoms with van der Waals surface area (Å²) in [6, 6.07) is 16.7. The Morgan fingerprint density at radius 1 is 1.00 bits per heavy atom. The maximum atomic E-state index is 12.6. The second kappa shape index (κ2) is 8.13. The van der Waals surface area contributed by atoms with Crippen molar-refractivity contribution in [2.45, 2.75) is 0 Å². The van der Waals surface area contributed by atoms with Gasteiger partial charge in [-0.25, -0.2) is 0 Å². The van der Waals surface area contributed by atoms with E-state index in [1.54, 1.807) is 42.5 Å². The van der Waals surface area contributed by atoms with Crippen LogP contribution < -0.4 is 10.6 Å². The first-order valence-electron chi connectivity index (χ1n) is 7.82. The predicted molar refractivity (Wildman–Crippen MR) is 103 cm³/mol. The average molecular weight is 364 g/mol. The Labute approximate surface area is 154 Å². The van der Waals surface area contributed by atoms with Gasteiger partial charge in [0.25, 0.3) is 11.8 Å². The van der Waals surface area contributed by atoms with Crippen molar-refractivity contribution in [2.75, 3.05) is 5.32 Å². The lowest BCUT2D eigenvalue weighted by atomic mass is 10.2. The number of phenolic OH excluding ortho intramolecular Hbond substituents is 1. The van der Waals surface area contributed by atoms with Gasteiger partial charge in [0, 0.05) is 17.3 Å². The fourth-order valence-electron chi connectivity index (χ4n) is 2.25. The molecule has 3 rings (SSSR count). The summed E-state index contributed by atoms with van der Waals surface area (Å²) < 4.78 is 0. The van der Waals surface area contributed by atoms with Crippen molar-refractivity contribution in [3.8, 4) is 5.75 Å². The number of amides is 2. The first kappa shape index (κ1) is 17.4. The van der Waals surface area contributed by atoms with Crippen molar-refractivity contribution in [3.05, 3.63) is 88.2 Å². The van der Waals surface area contributed by atoms with Crippen LogP contribution in [-0.2, 0) is 4.79 Å². The number of carbonyl (C=O) groups excluding carboxylic acids is 2. The Morgan fingerprint density at radius 2 is 1.81 bits per heavy atom. The lowest BCUT2D eigenvalue weighted by molar-refractivity contribution is -0.113. The van der Waals surface area contributed by atoms with Crippen LogP contribution in [-0.4, -0.2) is 16.9 Å². The smallest absolute Gasteiger partial charge is 0.272 e. The van der Waals surface area contributed by atoms with Gasteiger partial charge in [0.05, 0.1) is 0 Å². The number of carbonyl (C=O) groups is 2. The topological polar surface area (TPSA) is 78.4 Å². The second-order valence-corrected chi connectivity index (χ2v) is 6.22. The van der Waals surface area contributed by atoms with E-state index in [1.807, 2.05) is 22.9 Å². The van der Waals surface area contributed by atoms with Crippen LogP contribution in [0.3, 0.4) is 0 Å². The molecule has 1 heterocycles. The van der Waals surface area contributed by atoms with Gasteiger partial charge in [-0.3, -0.25) is 9.59 Å². The molecule has 0 fully saturated rings. The van der Waals surface area contributed by atoms with Crippen LogP contribution in [0.5, 0.6) is 5.75 Å². The van der Waals surface area contributed by atoms with Crippen LogP contribution in [0.4, 0.5) is 5.69 Å². The zero-order valence-corrected chi connectivity index (χ0v) is 14.5. The Hall–Kier alpha value is -3.38. The largest absolute Gasteiger partial charge is 0.508 e. The normalized spacial score (nSPS) is 11.0. The highest BCUT2D eigenvalue weighted by molar-refractivity contribution is 7.08. The SMILES string of the molecule is O=C(Nc1cccc(O)c1)C(=Cc1ccsc1)NC(=O)c1ccccc1. The minimum Gasteiger partial charge on any atom is -0.508 e. The average Bonchev–Trinajstić information content (AvgIpc) is 3.15. The van der Waals surface area contributed by atoms with E-state index in [2.05, 4.69) is 10.6 Å². The number of hydrogen-bond acceptors (Lipinski definition) is 4. The van der Waals surface area contributed by atoms with Crippen LogP contribution in [0.1, 0.15) is 15.9 Å². The predicted octanol–water partition coefficient (Wildman–Crippen LogP) is 3.86. The quantitative estimate of drug-likeness (QED) is 0.602. The fraction of sp³-hybridized carbons (Fsp3) is 0. The molecule has 0 saturated heterocycles. The third-order valence-corrected chi connectivity index (χ3v) is 4.19. The van der Waals surface area contributed by atoms with Gasteiger partial charge in [0.2, 0.25) is 0 Å². The molecule has 0 aliphatic heterocycles. The number of thiophene rings is 1. The summed E-state index contributed by atoms with van der Waals surface area (Å²) in [5, 5.41) is 18.6. The Kier molecular flexibility index (Phi) is 5.46. The lowest BCUT2D eigenvalue weighted by Crippen LogP contribution is -2.30. The standard InChI is InChI=1S/C20H16N2O3S/c23-17-8-4-7-16(12-17)21-20(25)18(11-14-9-10-26-13-14)22-19(24)15-5-2-1-3-6-15/h1-13,23H,(H,21,25)(H,22,24). The van der Waals surface area contributed by atoms with Gasteiger partial charge in [0.1, 0.15) is 11.4 Å². The van der Waals surface area contributed by atoms with Gasteiger partial charge in [0.15, 0.2) is 0 Å². The van der Waals surface area contributed by atoms with Gasteiger partial charge >= 0.3 is 0 Å². The van der Waals surface area contributed by atoms with Gasteiger partial charge in [-0.2, -0.15) is 11.3 Å². The number of rotatable bonds is 5. The van der Waals surface area contributed by atoms with E-state index in [1.165, 1.54) is 23.5 Å². The molecule has 0 atom stereocenters. The maximum absolute atomic E-state index is 12.6. The van der Waals surface area contributed by atoms with E-state index in [0.717, 1.165) is 5.56 Å². The highest BCUT2D eigenvalue weighted by Crippen LogP contribution is 2.17. The summed E-state index contributed by atoms with van der Waals surface area (Å²) in [5.74, 6) is -0.816. The monoisotopic (exact) mass is 364 g/mol. The maximum Gasteiger partial charge on any atom is 0.272 e. The third-order valence-electron chi connectivity index (χ3n) is 3.49. The molecule has 0 radical (unpaired) electrons. The molecule has 130 valence electrons. The molecular weight excluding hydrogens is 348 g/mol. The molecule has 3 aromatic rings. The van der Waals surface area contributed by atoms with E-state index in [4.69, 9.17) is 0 Å². The Bertz CT molecular complexity index is 935. The van der Waals surface area contributed by atoms with Crippen LogP contribution >= 0.6 is 11.3 Å². The molecular formula is C20H16N2O3S. The zero-order chi connectivity index (χ0) is 18.4. The third kappa shape index (κ3) is 4.58. The highest BCUT2D eigenvalue weighted by Gasteiger charge is 2.15. The van der Waals surface area contributed by atoms with Gasteiger partial charge in [-0.1, -0.05) is 24.3 Å². The van der Waals surface area contributed by atoms with Crippen molar-refractivity contribution < 1.29 is 14.7 Å². The molecule has 0 saturated carbocycles. The highest BCUT2D eigenvalue weighted by atomic mass is 32.1. The molecule has 0 aliphatic carbocycles. The van der Waals surface area contributed by atoms with Gasteiger partial charge in [-0.15, -0.1) is 0 Å². The summed E-state index contributed by atoms with van der Waals surface area (Å²) in [5.41, 5.74) is 1.80. The molecule has 0 bridgehead atoms. The van der Waals surface area contributed by atoms with E-state index in [-0.39, 0.29) is 17.4 Å². The number of phenols is 1. The van der Waals surface area contributed by atoms with Crippen molar-refractivity contribution >= 4 is 34.9 Å². The van der Waals surface area contributed by atoms with E-state index >= 15 is 0 Å². The molecule has 3 N–H and O–H groups in total. The number of hydrogen-bond donors (Lipinski definition) is 3. The van der Waals surface area contributed by atoms with Gasteiger partial charge < -0.3 is 15.7 Å². The Morgan fingerprint density at radius 3 is 2.50 bits per heavy atom. The molecule has 5 nitrogen and oxygen atoms in total. The molecule has 2 aromatic carbocycles. The zero-order valence-electron chi connectivity index (χ0n) is 13.7. The van der Waals surface area contributed by atoms with Crippen LogP contribution in [0.15, 0.2) is 77.1 Å². The van der Waals surface area contributed by atoms with Gasteiger partial charge in [-0.05, 0) is 52.7 Å². The number of nitrogens with one attached hydrogen (secondary N) is 2. The summed E-state index contributed by atoms with van der Waals surface area (Å²) in [6.45, 7) is 0. The minimum atomic E-state index is -0.480. The molecule has 6 heteroatoms. The lowest BCUT2D eigenvalue weighted by Gasteiger charge is -2.11. The molecule has 0 unspecified atom stereocenters.